The Balaban J connectivity index is 1.38. The molecule has 1 fully saturated rings. The Bertz CT molecular complexity index is 1520. The summed E-state index contributed by atoms with van der Waals surface area (Å²) >= 11 is 11.0. The fourth-order valence-corrected chi connectivity index (χ4v) is 8.75. The zero-order chi connectivity index (χ0) is 32.7. The monoisotopic (exact) mass is 715 g/mol. The Morgan fingerprint density at radius 2 is 2.11 bits per heavy atom. The maximum Gasteiger partial charge on any atom is 0.353 e. The van der Waals surface area contributed by atoms with E-state index < -0.39 is 41.0 Å². The van der Waals surface area contributed by atoms with Crippen molar-refractivity contribution in [1.82, 2.24) is 25.5 Å². The molecule has 0 spiro atoms. The van der Waals surface area contributed by atoms with Gasteiger partial charge in [-0.3, -0.25) is 24.3 Å². The molecular formula is C25H30ClN9O6S4. The molecule has 4 rings (SSSR count). The van der Waals surface area contributed by atoms with E-state index in [9.17, 15) is 29.5 Å². The van der Waals surface area contributed by atoms with E-state index in [1.807, 2.05) is 0 Å². The number of nitrogens with two attached hydrogens (primary N) is 3. The number of carbonyl (C=O) groups is 4. The van der Waals surface area contributed by atoms with Gasteiger partial charge in [-0.1, -0.05) is 39.9 Å². The molecule has 0 bridgehead atoms. The minimum atomic E-state index is -1.28. The molecule has 45 heavy (non-hydrogen) atoms. The van der Waals surface area contributed by atoms with Crippen LogP contribution in [0.5, 0.6) is 0 Å². The number of fused-ring (bicyclic) bond motifs is 1. The van der Waals surface area contributed by atoms with E-state index >= 15 is 0 Å². The Morgan fingerprint density at radius 1 is 1.33 bits per heavy atom. The van der Waals surface area contributed by atoms with Gasteiger partial charge >= 0.3 is 5.97 Å². The van der Waals surface area contributed by atoms with Crippen molar-refractivity contribution < 1.29 is 29.5 Å². The van der Waals surface area contributed by atoms with Gasteiger partial charge in [0.05, 0.1) is 6.04 Å². The molecule has 0 aliphatic carbocycles. The summed E-state index contributed by atoms with van der Waals surface area (Å²) < 4.78 is 0.0289. The number of aliphatic carboxylic acids is 1. The summed E-state index contributed by atoms with van der Waals surface area (Å²) in [5, 5.41) is 27.1. The smallest absolute Gasteiger partial charge is 0.353 e. The summed E-state index contributed by atoms with van der Waals surface area (Å²) in [7, 11) is 0. The highest BCUT2D eigenvalue weighted by Crippen LogP contribution is 2.46. The lowest BCUT2D eigenvalue weighted by Crippen LogP contribution is -2.71. The maximum absolute atomic E-state index is 13.1. The molecule has 0 unspecified atom stereocenters. The fourth-order valence-electron chi connectivity index (χ4n) is 4.33. The zero-order valence-corrected chi connectivity index (χ0v) is 27.5. The van der Waals surface area contributed by atoms with Gasteiger partial charge in [-0.2, -0.15) is 11.8 Å². The lowest BCUT2D eigenvalue weighted by molar-refractivity contribution is -0.150. The van der Waals surface area contributed by atoms with E-state index in [1.165, 1.54) is 23.5 Å². The van der Waals surface area contributed by atoms with Crippen LogP contribution < -0.4 is 27.8 Å². The molecule has 4 heterocycles. The number of carboxylic acids is 1. The van der Waals surface area contributed by atoms with Crippen LogP contribution in [0.4, 0.5) is 5.13 Å². The average Bonchev–Trinajstić information content (AvgIpc) is 3.35. The van der Waals surface area contributed by atoms with Gasteiger partial charge < -0.3 is 38.1 Å². The Labute approximate surface area is 279 Å². The highest BCUT2D eigenvalue weighted by atomic mass is 35.5. The third-order valence-electron chi connectivity index (χ3n) is 6.52. The lowest BCUT2D eigenvalue weighted by Gasteiger charge is -2.49. The van der Waals surface area contributed by atoms with Crippen molar-refractivity contribution in [3.63, 3.8) is 0 Å². The number of nitrogens with one attached hydrogen (secondary N) is 2. The second-order valence-electron chi connectivity index (χ2n) is 9.53. The molecule has 15 nitrogen and oxygen atoms in total. The molecule has 2 aromatic rings. The molecule has 1 saturated heterocycles. The van der Waals surface area contributed by atoms with Crippen LogP contribution in [0, 0.1) is 0 Å². The topological polar surface area (TPSA) is 252 Å². The average molecular weight is 716 g/mol. The quantitative estimate of drug-likeness (QED) is 0.0444. The maximum atomic E-state index is 13.1. The molecule has 20 heteroatoms. The first-order valence-electron chi connectivity index (χ1n) is 13.3. The lowest BCUT2D eigenvalue weighted by atomic mass is 10.0. The summed E-state index contributed by atoms with van der Waals surface area (Å²) in [6.07, 6.45) is 4.49. The number of hydrogen-bond donors (Lipinski definition) is 7. The van der Waals surface area contributed by atoms with Crippen LogP contribution in [0.3, 0.4) is 0 Å². The molecule has 0 radical (unpaired) electrons. The van der Waals surface area contributed by atoms with Crippen LogP contribution in [0.2, 0.25) is 4.34 Å². The summed E-state index contributed by atoms with van der Waals surface area (Å²) in [5.41, 5.74) is 17.0. The van der Waals surface area contributed by atoms with Crippen LogP contribution in [0.1, 0.15) is 24.1 Å². The molecule has 3 atom stereocenters. The minimum Gasteiger partial charge on any atom is -0.477 e. The summed E-state index contributed by atoms with van der Waals surface area (Å²) in [4.78, 5) is 60.9. The summed E-state index contributed by atoms with van der Waals surface area (Å²) in [6.45, 7) is 0.905. The van der Waals surface area contributed by atoms with Crippen molar-refractivity contribution in [3.05, 3.63) is 44.7 Å². The number of aromatic nitrogens is 2. The van der Waals surface area contributed by atoms with Crippen LogP contribution in [0.15, 0.2) is 39.1 Å². The molecule has 2 aliphatic heterocycles. The highest BCUT2D eigenvalue weighted by molar-refractivity contribution is 8.06. The third kappa shape index (κ3) is 8.21. The Kier molecular flexibility index (Phi) is 12.3. The molecule has 2 aromatic heterocycles. The van der Waals surface area contributed by atoms with Crippen molar-refractivity contribution >= 4 is 92.8 Å². The first-order valence-corrected chi connectivity index (χ1v) is 17.6. The van der Waals surface area contributed by atoms with Crippen molar-refractivity contribution in [2.24, 2.45) is 16.6 Å². The van der Waals surface area contributed by atoms with Gasteiger partial charge in [0.25, 0.3) is 11.8 Å². The van der Waals surface area contributed by atoms with Crippen molar-refractivity contribution in [1.29, 1.82) is 0 Å². The van der Waals surface area contributed by atoms with Crippen molar-refractivity contribution in [2.45, 2.75) is 40.9 Å². The predicted molar refractivity (Wildman–Crippen MR) is 175 cm³/mol. The van der Waals surface area contributed by atoms with Gasteiger partial charge in [-0.15, -0.1) is 11.8 Å². The summed E-state index contributed by atoms with van der Waals surface area (Å²) in [6, 6.07) is 0.108. The number of hydrogen-bond acceptors (Lipinski definition) is 15. The molecule has 0 aromatic carbocycles. The molecular weight excluding hydrogens is 686 g/mol. The minimum absolute atomic E-state index is 0.0289. The number of carboxylic acid groups (broad SMARTS) is 1. The van der Waals surface area contributed by atoms with E-state index in [2.05, 4.69) is 25.8 Å². The molecule has 3 amide bonds. The Morgan fingerprint density at radius 3 is 2.78 bits per heavy atom. The first kappa shape index (κ1) is 34.8. The number of amides is 3. The molecule has 242 valence electrons. The number of nitrogen functional groups attached to an aromatic ring is 1. The standard InChI is InChI=1S/C25H30ClN9O6S4/c26-19-15(33-25(29)45-19)16(34-41)21(37)32-17-22(38)35-18(24(39)40)14(10-43-23(17)35)44-13-3-5-30-8-11(13)9-42-7-6-31-20(36)12(28)2-1-4-27/h3,5,8,12,17,23,41H,1-2,4,6-7,9-10,27-28H2,(H2,29,33)(H,31,36)(H,32,37)(H,39,40)/b34-16-/t12-,17+,23+/m0/s1. The van der Waals surface area contributed by atoms with E-state index in [4.69, 9.17) is 28.8 Å². The molecule has 10 N–H and O–H groups in total. The van der Waals surface area contributed by atoms with Gasteiger partial charge in [0, 0.05) is 46.0 Å². The summed E-state index contributed by atoms with van der Waals surface area (Å²) in [5.74, 6) is -1.63. The van der Waals surface area contributed by atoms with Crippen LogP contribution in [0.25, 0.3) is 0 Å². The number of anilines is 1. The number of rotatable bonds is 15. The number of halogens is 1. The Hall–Kier alpha value is -3.07. The normalized spacial score (nSPS) is 18.7. The van der Waals surface area contributed by atoms with E-state index in [-0.39, 0.29) is 32.5 Å². The first-order chi connectivity index (χ1) is 21.6. The highest BCUT2D eigenvalue weighted by Gasteiger charge is 2.54. The van der Waals surface area contributed by atoms with Gasteiger partial charge in [-0.05, 0) is 31.0 Å². The van der Waals surface area contributed by atoms with Crippen molar-refractivity contribution in [3.8, 4) is 0 Å². The number of pyridine rings is 1. The fraction of sp³-hybridized carbons (Fsp3) is 0.400. The number of carbonyl (C=O) groups excluding carboxylic acids is 3. The number of β-lactam (4-membered cyclic amide) rings is 1. The number of thioether (sulfide) groups is 3. The number of nitrogens with zero attached hydrogens (tertiary/aromatic N) is 4. The van der Waals surface area contributed by atoms with E-state index in [1.54, 1.807) is 30.2 Å². The van der Waals surface area contributed by atoms with Crippen LogP contribution in [-0.2, 0) is 24.9 Å². The SMILES string of the molecule is NCCC[C@H](N)C(=O)NCCSCc1cnccc1SC1=C(C(=O)O)N2C(=O)[C@@H](NC(=O)/C(=N\O)c3nc(N)sc3Cl)[C@H]2SC1. The number of thiazole rings is 1. The van der Waals surface area contributed by atoms with Gasteiger partial charge in [0.15, 0.2) is 10.8 Å². The van der Waals surface area contributed by atoms with E-state index in [0.29, 0.717) is 42.3 Å². The third-order valence-corrected chi connectivity index (χ3v) is 11.3. The van der Waals surface area contributed by atoms with Crippen molar-refractivity contribution in [2.75, 3.05) is 30.3 Å². The molecule has 2 aliphatic rings. The largest absolute Gasteiger partial charge is 0.477 e. The van der Waals surface area contributed by atoms with Gasteiger partial charge in [-0.25, -0.2) is 9.78 Å². The van der Waals surface area contributed by atoms with Crippen LogP contribution in [-0.4, -0.2) is 96.6 Å². The number of oxime groups is 1. The van der Waals surface area contributed by atoms with E-state index in [0.717, 1.165) is 26.7 Å². The van der Waals surface area contributed by atoms with Gasteiger partial charge in [0.1, 0.15) is 27.1 Å². The van der Waals surface area contributed by atoms with Gasteiger partial charge in [0.2, 0.25) is 5.91 Å². The predicted octanol–water partition coefficient (Wildman–Crippen LogP) is 0.856. The second kappa shape index (κ2) is 16.0. The zero-order valence-electron chi connectivity index (χ0n) is 23.5. The van der Waals surface area contributed by atoms with Crippen LogP contribution >= 0.6 is 58.2 Å². The molecule has 0 saturated carbocycles. The second-order valence-corrected chi connectivity index (χ2v) is 14.5.